The van der Waals surface area contributed by atoms with Crippen LogP contribution in [0.2, 0.25) is 0 Å². The Morgan fingerprint density at radius 2 is 1.91 bits per heavy atom. The maximum absolute atomic E-state index is 13.1. The van der Waals surface area contributed by atoms with E-state index < -0.39 is 0 Å². The molecule has 0 aliphatic heterocycles. The number of hydrogen-bond donors (Lipinski definition) is 2. The summed E-state index contributed by atoms with van der Waals surface area (Å²) in [5.74, 6) is 0.968. The number of likely N-dealkylation sites (N-methyl/N-ethyl adjacent to an activating group) is 1. The molecule has 0 saturated carbocycles. The van der Waals surface area contributed by atoms with Crippen LogP contribution in [0.15, 0.2) is 48.5 Å². The van der Waals surface area contributed by atoms with E-state index in [1.54, 1.807) is 4.57 Å². The van der Waals surface area contributed by atoms with Crippen LogP contribution in [0.5, 0.6) is 0 Å². The largest absolute Gasteiger partial charge is 0.309 e. The summed E-state index contributed by atoms with van der Waals surface area (Å²) in [6.07, 6.45) is 0. The van der Waals surface area contributed by atoms with Crippen molar-refractivity contribution in [1.82, 2.24) is 29.2 Å². The minimum Gasteiger partial charge on any atom is -0.309 e. The topological polar surface area (TPSA) is 83.8 Å². The van der Waals surface area contributed by atoms with Gasteiger partial charge in [0.2, 0.25) is 11.9 Å². The van der Waals surface area contributed by atoms with Crippen LogP contribution in [-0.4, -0.2) is 54.8 Å². The Labute approximate surface area is 198 Å². The Bertz CT molecular complexity index is 1320. The molecule has 0 fully saturated rings. The predicted octanol–water partition coefficient (Wildman–Crippen LogP) is 4.25. The zero-order valence-electron chi connectivity index (χ0n) is 19.2. The summed E-state index contributed by atoms with van der Waals surface area (Å²) in [6.45, 7) is 9.92. The molecule has 0 atom stereocenters. The molecule has 8 nitrogen and oxygen atoms in total. The van der Waals surface area contributed by atoms with Gasteiger partial charge in [-0.15, -0.1) is 0 Å². The van der Waals surface area contributed by atoms with Crippen molar-refractivity contribution in [1.29, 1.82) is 0 Å². The molecule has 2 N–H and O–H groups in total. The van der Waals surface area contributed by atoms with Crippen LogP contribution in [-0.2, 0) is 17.9 Å². The lowest BCUT2D eigenvalue weighted by Crippen LogP contribution is -2.28. The second kappa shape index (κ2) is 10.1. The van der Waals surface area contributed by atoms with Crippen molar-refractivity contribution in [3.8, 4) is 11.4 Å². The molecule has 0 unspecified atom stereocenters. The molecule has 4 aromatic rings. The summed E-state index contributed by atoms with van der Waals surface area (Å²) < 4.78 is 4.18. The van der Waals surface area contributed by atoms with E-state index in [9.17, 15) is 4.79 Å². The number of nitrogens with zero attached hydrogens (tertiary/aromatic N) is 5. The Kier molecular flexibility index (Phi) is 7.00. The van der Waals surface area contributed by atoms with Crippen LogP contribution in [0.25, 0.3) is 22.4 Å². The first-order valence-electron chi connectivity index (χ1n) is 11.2. The number of carbonyl (C=O) groups excluding carboxylic acids is 1. The van der Waals surface area contributed by atoms with E-state index in [1.807, 2.05) is 55.5 Å². The summed E-state index contributed by atoms with van der Waals surface area (Å²) in [5.41, 5.74) is 3.87. The Morgan fingerprint density at radius 3 is 2.67 bits per heavy atom. The standard InChI is InChI=1S/C24H29N7OS/c1-4-29(5-2)13-14-30-20-12-7-6-11-19(20)25-23(30)26-21(32)16-31-22(27-28-24(31)33)18-10-8-9-17(3)15-18/h6-12,15H,4-5,13-14,16H2,1-3H3,(H,28,33)(H,25,26,32). The highest BCUT2D eigenvalue weighted by Gasteiger charge is 2.17. The van der Waals surface area contributed by atoms with E-state index in [4.69, 9.17) is 12.2 Å². The van der Waals surface area contributed by atoms with Crippen molar-refractivity contribution in [2.24, 2.45) is 0 Å². The van der Waals surface area contributed by atoms with Crippen molar-refractivity contribution in [3.63, 3.8) is 0 Å². The molecule has 33 heavy (non-hydrogen) atoms. The Balaban J connectivity index is 1.59. The number of amides is 1. The molecule has 9 heteroatoms. The molecular weight excluding hydrogens is 434 g/mol. The van der Waals surface area contributed by atoms with Crippen molar-refractivity contribution < 1.29 is 4.79 Å². The second-order valence-corrected chi connectivity index (χ2v) is 8.35. The van der Waals surface area contributed by atoms with Gasteiger partial charge in [-0.05, 0) is 50.4 Å². The first-order chi connectivity index (χ1) is 16.0. The summed E-state index contributed by atoms with van der Waals surface area (Å²) in [4.78, 5) is 20.1. The summed E-state index contributed by atoms with van der Waals surface area (Å²) in [6, 6.07) is 15.9. The Morgan fingerprint density at radius 1 is 1.12 bits per heavy atom. The number of hydrogen-bond acceptors (Lipinski definition) is 5. The van der Waals surface area contributed by atoms with Crippen LogP contribution in [0.1, 0.15) is 19.4 Å². The van der Waals surface area contributed by atoms with Gasteiger partial charge in [0.1, 0.15) is 6.54 Å². The number of fused-ring (bicyclic) bond motifs is 1. The van der Waals surface area contributed by atoms with E-state index >= 15 is 0 Å². The third-order valence-electron chi connectivity index (χ3n) is 5.78. The van der Waals surface area contributed by atoms with Crippen LogP contribution in [0.4, 0.5) is 5.95 Å². The fourth-order valence-corrected chi connectivity index (χ4v) is 4.15. The van der Waals surface area contributed by atoms with Crippen LogP contribution < -0.4 is 5.32 Å². The number of H-pyrrole nitrogens is 1. The van der Waals surface area contributed by atoms with E-state index in [0.717, 1.165) is 48.3 Å². The summed E-state index contributed by atoms with van der Waals surface area (Å²) in [7, 11) is 0. The maximum atomic E-state index is 13.1. The molecule has 0 aliphatic rings. The summed E-state index contributed by atoms with van der Waals surface area (Å²) >= 11 is 5.40. The molecule has 1 amide bonds. The third-order valence-corrected chi connectivity index (χ3v) is 6.09. The van der Waals surface area contributed by atoms with Gasteiger partial charge >= 0.3 is 0 Å². The highest BCUT2D eigenvalue weighted by atomic mass is 32.1. The first kappa shape index (κ1) is 22.9. The Hall–Kier alpha value is -3.30. The lowest BCUT2D eigenvalue weighted by molar-refractivity contribution is -0.116. The number of para-hydroxylation sites is 2. The van der Waals surface area contributed by atoms with Crippen molar-refractivity contribution in [3.05, 3.63) is 58.9 Å². The lowest BCUT2D eigenvalue weighted by atomic mass is 10.1. The van der Waals surface area contributed by atoms with E-state index in [1.165, 1.54) is 0 Å². The number of nitrogens with one attached hydrogen (secondary N) is 2. The molecule has 0 aliphatic carbocycles. The normalized spacial score (nSPS) is 11.4. The van der Waals surface area contributed by atoms with Gasteiger partial charge in [0, 0.05) is 18.7 Å². The molecule has 2 heterocycles. The van der Waals surface area contributed by atoms with E-state index in [0.29, 0.717) is 16.5 Å². The molecule has 2 aromatic heterocycles. The molecule has 4 rings (SSSR count). The van der Waals surface area contributed by atoms with Crippen LogP contribution >= 0.6 is 12.2 Å². The van der Waals surface area contributed by atoms with Crippen molar-refractivity contribution in [2.75, 3.05) is 25.0 Å². The molecule has 0 spiro atoms. The van der Waals surface area contributed by atoms with Crippen molar-refractivity contribution >= 4 is 35.1 Å². The highest BCUT2D eigenvalue weighted by Crippen LogP contribution is 2.21. The SMILES string of the molecule is CCN(CC)CCn1c(NC(=O)Cn2c(-c3cccc(C)c3)n[nH]c2=S)nc2ccccc21. The van der Waals surface area contributed by atoms with Crippen molar-refractivity contribution in [2.45, 2.75) is 33.9 Å². The van der Waals surface area contributed by atoms with Gasteiger partial charge in [0.15, 0.2) is 10.6 Å². The molecule has 0 saturated heterocycles. The zero-order chi connectivity index (χ0) is 23.4. The van der Waals surface area contributed by atoms with Gasteiger partial charge in [-0.1, -0.05) is 49.7 Å². The van der Waals surface area contributed by atoms with Gasteiger partial charge in [-0.3, -0.25) is 19.8 Å². The van der Waals surface area contributed by atoms with Gasteiger partial charge < -0.3 is 9.47 Å². The number of aromatic nitrogens is 5. The number of aryl methyl sites for hydroxylation is 1. The quantitative estimate of drug-likeness (QED) is 0.363. The van der Waals surface area contributed by atoms with Gasteiger partial charge in [0.05, 0.1) is 11.0 Å². The van der Waals surface area contributed by atoms with Gasteiger partial charge in [-0.2, -0.15) is 5.10 Å². The van der Waals surface area contributed by atoms with Crippen LogP contribution in [0.3, 0.4) is 0 Å². The average molecular weight is 464 g/mol. The first-order valence-corrected chi connectivity index (χ1v) is 11.6. The molecule has 2 aromatic carbocycles. The van der Waals surface area contributed by atoms with Gasteiger partial charge in [0.25, 0.3) is 0 Å². The fourth-order valence-electron chi connectivity index (χ4n) is 3.96. The second-order valence-electron chi connectivity index (χ2n) is 7.96. The minimum absolute atomic E-state index is 0.0395. The number of anilines is 1. The minimum atomic E-state index is -0.208. The monoisotopic (exact) mass is 463 g/mol. The maximum Gasteiger partial charge on any atom is 0.246 e. The number of benzene rings is 2. The average Bonchev–Trinajstić information content (AvgIpc) is 3.34. The molecule has 172 valence electrons. The molecule has 0 radical (unpaired) electrons. The predicted molar refractivity (Wildman–Crippen MR) is 134 cm³/mol. The smallest absolute Gasteiger partial charge is 0.246 e. The molecular formula is C24H29N7OS. The van der Waals surface area contributed by atoms with Crippen LogP contribution in [0, 0.1) is 11.7 Å². The number of aromatic amines is 1. The third kappa shape index (κ3) is 5.04. The van der Waals surface area contributed by atoms with E-state index in [-0.39, 0.29) is 12.5 Å². The van der Waals surface area contributed by atoms with E-state index in [2.05, 4.69) is 43.8 Å². The fraction of sp³-hybridized carbons (Fsp3) is 0.333. The summed E-state index contributed by atoms with van der Waals surface area (Å²) in [5, 5.41) is 10.2. The number of imidazole rings is 1. The highest BCUT2D eigenvalue weighted by molar-refractivity contribution is 7.71. The van der Waals surface area contributed by atoms with Gasteiger partial charge in [-0.25, -0.2) is 4.98 Å². The molecule has 0 bridgehead atoms. The number of rotatable bonds is 9. The zero-order valence-corrected chi connectivity index (χ0v) is 20.0. The number of carbonyl (C=O) groups is 1. The lowest BCUT2D eigenvalue weighted by Gasteiger charge is -2.19.